The topological polar surface area (TPSA) is 64.3 Å². The number of benzene rings is 1. The quantitative estimate of drug-likeness (QED) is 0.881. The Balaban J connectivity index is 2.02. The molecule has 18 heavy (non-hydrogen) atoms. The SMILES string of the molecule is COc1ccc(C(=O)NC2CCC(N)C2)cc1Cl. The lowest BCUT2D eigenvalue weighted by molar-refractivity contribution is 0.0937. The van der Waals surface area contributed by atoms with E-state index in [0.29, 0.717) is 16.3 Å². The Hall–Kier alpha value is -1.26. The first-order valence-electron chi connectivity index (χ1n) is 6.00. The third-order valence-electron chi connectivity index (χ3n) is 3.22. The van der Waals surface area contributed by atoms with Crippen molar-refractivity contribution in [2.45, 2.75) is 31.3 Å². The van der Waals surface area contributed by atoms with Gasteiger partial charge in [0.1, 0.15) is 5.75 Å². The maximum atomic E-state index is 12.0. The minimum atomic E-state index is -0.112. The summed E-state index contributed by atoms with van der Waals surface area (Å²) in [4.78, 5) is 12.0. The van der Waals surface area contributed by atoms with Gasteiger partial charge in [0.25, 0.3) is 5.91 Å². The molecule has 2 atom stereocenters. The van der Waals surface area contributed by atoms with E-state index in [-0.39, 0.29) is 18.0 Å². The molecule has 0 radical (unpaired) electrons. The Morgan fingerprint density at radius 1 is 1.50 bits per heavy atom. The van der Waals surface area contributed by atoms with Gasteiger partial charge >= 0.3 is 0 Å². The molecule has 1 amide bonds. The lowest BCUT2D eigenvalue weighted by atomic mass is 10.1. The molecule has 2 unspecified atom stereocenters. The molecule has 3 N–H and O–H groups in total. The smallest absolute Gasteiger partial charge is 0.251 e. The Bertz CT molecular complexity index is 451. The highest BCUT2D eigenvalue weighted by Gasteiger charge is 2.23. The van der Waals surface area contributed by atoms with Crippen LogP contribution in [0.4, 0.5) is 0 Å². The number of hydrogen-bond donors (Lipinski definition) is 2. The largest absolute Gasteiger partial charge is 0.495 e. The van der Waals surface area contributed by atoms with E-state index >= 15 is 0 Å². The van der Waals surface area contributed by atoms with Gasteiger partial charge in [-0.25, -0.2) is 0 Å². The molecule has 0 saturated heterocycles. The van der Waals surface area contributed by atoms with E-state index in [0.717, 1.165) is 19.3 Å². The van der Waals surface area contributed by atoms with Gasteiger partial charge in [0.05, 0.1) is 12.1 Å². The Morgan fingerprint density at radius 2 is 2.28 bits per heavy atom. The minimum Gasteiger partial charge on any atom is -0.495 e. The van der Waals surface area contributed by atoms with Crippen LogP contribution in [0.3, 0.4) is 0 Å². The maximum absolute atomic E-state index is 12.0. The van der Waals surface area contributed by atoms with Gasteiger partial charge in [-0.15, -0.1) is 0 Å². The van der Waals surface area contributed by atoms with Crippen molar-refractivity contribution in [2.75, 3.05) is 7.11 Å². The van der Waals surface area contributed by atoms with Gasteiger partial charge in [0.2, 0.25) is 0 Å². The van der Waals surface area contributed by atoms with Crippen molar-refractivity contribution in [1.82, 2.24) is 5.32 Å². The fourth-order valence-corrected chi connectivity index (χ4v) is 2.48. The van der Waals surface area contributed by atoms with Crippen molar-refractivity contribution >= 4 is 17.5 Å². The molecule has 0 bridgehead atoms. The van der Waals surface area contributed by atoms with Gasteiger partial charge in [-0.1, -0.05) is 11.6 Å². The molecule has 1 fully saturated rings. The molecule has 1 saturated carbocycles. The molecule has 1 aliphatic carbocycles. The molecule has 0 aliphatic heterocycles. The summed E-state index contributed by atoms with van der Waals surface area (Å²) in [6, 6.07) is 5.39. The van der Waals surface area contributed by atoms with E-state index in [1.807, 2.05) is 0 Å². The highest BCUT2D eigenvalue weighted by atomic mass is 35.5. The fraction of sp³-hybridized carbons (Fsp3) is 0.462. The summed E-state index contributed by atoms with van der Waals surface area (Å²) in [5.74, 6) is 0.453. The number of amides is 1. The van der Waals surface area contributed by atoms with Crippen molar-refractivity contribution in [3.63, 3.8) is 0 Å². The molecular formula is C13H17ClN2O2. The van der Waals surface area contributed by atoms with Crippen molar-refractivity contribution < 1.29 is 9.53 Å². The second-order valence-corrected chi connectivity index (χ2v) is 5.00. The van der Waals surface area contributed by atoms with Gasteiger partial charge in [-0.05, 0) is 37.5 Å². The molecule has 98 valence electrons. The van der Waals surface area contributed by atoms with E-state index in [1.54, 1.807) is 25.3 Å². The van der Waals surface area contributed by atoms with Gasteiger partial charge < -0.3 is 15.8 Å². The zero-order chi connectivity index (χ0) is 13.1. The molecule has 1 aromatic rings. The van der Waals surface area contributed by atoms with E-state index in [1.165, 1.54) is 0 Å². The number of methoxy groups -OCH3 is 1. The highest BCUT2D eigenvalue weighted by molar-refractivity contribution is 6.32. The molecular weight excluding hydrogens is 252 g/mol. The van der Waals surface area contributed by atoms with E-state index in [2.05, 4.69) is 5.32 Å². The fourth-order valence-electron chi connectivity index (χ4n) is 2.22. The number of nitrogens with one attached hydrogen (secondary N) is 1. The summed E-state index contributed by atoms with van der Waals surface area (Å²) in [6.07, 6.45) is 2.75. The van der Waals surface area contributed by atoms with Gasteiger partial charge in [-0.2, -0.15) is 0 Å². The minimum absolute atomic E-state index is 0.112. The van der Waals surface area contributed by atoms with Crippen LogP contribution in [0, 0.1) is 0 Å². The van der Waals surface area contributed by atoms with Crippen LogP contribution in [-0.4, -0.2) is 25.1 Å². The summed E-state index contributed by atoms with van der Waals surface area (Å²) in [6.45, 7) is 0. The highest BCUT2D eigenvalue weighted by Crippen LogP contribution is 2.25. The standard InChI is InChI=1S/C13H17ClN2O2/c1-18-12-5-2-8(6-11(12)14)13(17)16-10-4-3-9(15)7-10/h2,5-6,9-10H,3-4,7,15H2,1H3,(H,16,17). The average molecular weight is 269 g/mol. The number of hydrogen-bond acceptors (Lipinski definition) is 3. The predicted molar refractivity (Wildman–Crippen MR) is 71.1 cm³/mol. The summed E-state index contributed by atoms with van der Waals surface area (Å²) < 4.78 is 5.05. The van der Waals surface area contributed by atoms with Crippen molar-refractivity contribution in [2.24, 2.45) is 5.73 Å². The Kier molecular flexibility index (Phi) is 4.09. The third kappa shape index (κ3) is 2.94. The molecule has 4 nitrogen and oxygen atoms in total. The van der Waals surface area contributed by atoms with Crippen LogP contribution in [0.15, 0.2) is 18.2 Å². The van der Waals surface area contributed by atoms with Crippen LogP contribution in [0.2, 0.25) is 5.02 Å². The third-order valence-corrected chi connectivity index (χ3v) is 3.52. The summed E-state index contributed by atoms with van der Waals surface area (Å²) in [5, 5.41) is 3.41. The van der Waals surface area contributed by atoms with Crippen LogP contribution in [0.1, 0.15) is 29.6 Å². The van der Waals surface area contributed by atoms with Crippen molar-refractivity contribution in [1.29, 1.82) is 0 Å². The summed E-state index contributed by atoms with van der Waals surface area (Å²) in [5.41, 5.74) is 6.36. The average Bonchev–Trinajstić information content (AvgIpc) is 2.74. The van der Waals surface area contributed by atoms with E-state index in [9.17, 15) is 4.79 Å². The summed E-state index contributed by atoms with van der Waals surface area (Å²) >= 11 is 5.99. The first-order valence-corrected chi connectivity index (χ1v) is 6.38. The van der Waals surface area contributed by atoms with Gasteiger partial charge in [0.15, 0.2) is 0 Å². The number of halogens is 1. The zero-order valence-electron chi connectivity index (χ0n) is 10.3. The normalized spacial score (nSPS) is 22.8. The molecule has 1 aromatic carbocycles. The molecule has 0 spiro atoms. The first kappa shape index (κ1) is 13.2. The number of carbonyl (C=O) groups is 1. The van der Waals surface area contributed by atoms with Crippen LogP contribution in [0.25, 0.3) is 0 Å². The second-order valence-electron chi connectivity index (χ2n) is 4.59. The molecule has 2 rings (SSSR count). The zero-order valence-corrected chi connectivity index (χ0v) is 11.0. The van der Waals surface area contributed by atoms with Gasteiger partial charge in [0, 0.05) is 17.6 Å². The van der Waals surface area contributed by atoms with Crippen molar-refractivity contribution in [3.8, 4) is 5.75 Å². The maximum Gasteiger partial charge on any atom is 0.251 e. The monoisotopic (exact) mass is 268 g/mol. The Morgan fingerprint density at radius 3 is 2.83 bits per heavy atom. The lowest BCUT2D eigenvalue weighted by Gasteiger charge is -2.13. The Labute approximate surface area is 111 Å². The lowest BCUT2D eigenvalue weighted by Crippen LogP contribution is -2.34. The molecule has 5 heteroatoms. The number of ether oxygens (including phenoxy) is 1. The van der Waals surface area contributed by atoms with E-state index < -0.39 is 0 Å². The predicted octanol–water partition coefficient (Wildman–Crippen LogP) is 1.96. The summed E-state index contributed by atoms with van der Waals surface area (Å²) in [7, 11) is 1.54. The van der Waals surface area contributed by atoms with E-state index in [4.69, 9.17) is 22.1 Å². The second kappa shape index (κ2) is 5.59. The molecule has 0 aromatic heterocycles. The van der Waals surface area contributed by atoms with Crippen molar-refractivity contribution in [3.05, 3.63) is 28.8 Å². The van der Waals surface area contributed by atoms with Crippen LogP contribution < -0.4 is 15.8 Å². The first-order chi connectivity index (χ1) is 8.60. The molecule has 1 aliphatic rings. The van der Waals surface area contributed by atoms with Crippen LogP contribution in [0.5, 0.6) is 5.75 Å². The molecule has 0 heterocycles. The number of carbonyl (C=O) groups excluding carboxylic acids is 1. The number of rotatable bonds is 3. The van der Waals surface area contributed by atoms with Crippen LogP contribution >= 0.6 is 11.6 Å². The number of nitrogens with two attached hydrogens (primary N) is 1. The van der Waals surface area contributed by atoms with Gasteiger partial charge in [-0.3, -0.25) is 4.79 Å². The van der Waals surface area contributed by atoms with Crippen LogP contribution in [-0.2, 0) is 0 Å².